The number of benzene rings is 2. The molecule has 1 unspecified atom stereocenters. The number of hydrogen-bond acceptors (Lipinski definition) is 1. The lowest BCUT2D eigenvalue weighted by atomic mass is 10.0. The molecule has 86 valence electrons. The minimum atomic E-state index is 0.322. The highest BCUT2D eigenvalue weighted by Gasteiger charge is 2.23. The second-order valence-corrected chi connectivity index (χ2v) is 5.55. The summed E-state index contributed by atoms with van der Waals surface area (Å²) in [6.45, 7) is 0. The predicted octanol–water partition coefficient (Wildman–Crippen LogP) is 4.81. The van der Waals surface area contributed by atoms with E-state index in [0.717, 1.165) is 21.6 Å². The van der Waals surface area contributed by atoms with Gasteiger partial charge in [-0.05, 0) is 35.7 Å². The van der Waals surface area contributed by atoms with Crippen molar-refractivity contribution < 1.29 is 0 Å². The first-order valence-electron chi connectivity index (χ1n) is 5.53. The third-order valence-electron chi connectivity index (χ3n) is 3.09. The van der Waals surface area contributed by atoms with Gasteiger partial charge in [0.1, 0.15) is 0 Å². The van der Waals surface area contributed by atoms with Crippen molar-refractivity contribution in [2.24, 2.45) is 0 Å². The van der Waals surface area contributed by atoms with Gasteiger partial charge in [0.15, 0.2) is 0 Å². The van der Waals surface area contributed by atoms with E-state index in [0.29, 0.717) is 6.04 Å². The second kappa shape index (κ2) is 4.35. The molecule has 17 heavy (non-hydrogen) atoms. The molecule has 1 aliphatic rings. The van der Waals surface area contributed by atoms with E-state index in [1.807, 2.05) is 18.2 Å². The number of fused-ring (bicyclic) bond motifs is 1. The maximum absolute atomic E-state index is 6.18. The van der Waals surface area contributed by atoms with Gasteiger partial charge in [0.2, 0.25) is 0 Å². The Morgan fingerprint density at radius 3 is 2.76 bits per heavy atom. The summed E-state index contributed by atoms with van der Waals surface area (Å²) in [5.41, 5.74) is 3.66. The van der Waals surface area contributed by atoms with E-state index in [1.165, 1.54) is 11.1 Å². The van der Waals surface area contributed by atoms with E-state index in [2.05, 4.69) is 45.5 Å². The molecule has 0 aromatic heterocycles. The molecule has 1 heterocycles. The fourth-order valence-electron chi connectivity index (χ4n) is 2.27. The van der Waals surface area contributed by atoms with Crippen LogP contribution in [0.1, 0.15) is 17.2 Å². The number of hydrogen-bond donors (Lipinski definition) is 1. The van der Waals surface area contributed by atoms with Crippen LogP contribution in [-0.2, 0) is 6.42 Å². The maximum atomic E-state index is 6.18. The molecule has 1 atom stereocenters. The van der Waals surface area contributed by atoms with Crippen molar-refractivity contribution >= 4 is 33.2 Å². The molecule has 0 spiro atoms. The van der Waals surface area contributed by atoms with E-state index >= 15 is 0 Å². The first-order chi connectivity index (χ1) is 8.24. The molecule has 3 rings (SSSR count). The molecule has 1 aliphatic heterocycles. The van der Waals surface area contributed by atoms with Crippen LogP contribution in [0, 0.1) is 0 Å². The van der Waals surface area contributed by atoms with Crippen LogP contribution < -0.4 is 5.32 Å². The molecule has 1 N–H and O–H groups in total. The largest absolute Gasteiger partial charge is 0.376 e. The van der Waals surface area contributed by atoms with E-state index in [9.17, 15) is 0 Å². The summed E-state index contributed by atoms with van der Waals surface area (Å²) in [7, 11) is 0. The van der Waals surface area contributed by atoms with Gasteiger partial charge in [-0.15, -0.1) is 0 Å². The van der Waals surface area contributed by atoms with Crippen LogP contribution in [0.3, 0.4) is 0 Å². The Morgan fingerprint density at radius 1 is 1.18 bits per heavy atom. The summed E-state index contributed by atoms with van der Waals surface area (Å²) in [6, 6.07) is 14.8. The van der Waals surface area contributed by atoms with Gasteiger partial charge in [-0.3, -0.25) is 0 Å². The van der Waals surface area contributed by atoms with Crippen LogP contribution in [0.2, 0.25) is 5.02 Å². The average Bonchev–Trinajstić information content (AvgIpc) is 2.74. The van der Waals surface area contributed by atoms with Crippen LogP contribution in [0.25, 0.3) is 0 Å². The highest BCUT2D eigenvalue weighted by atomic mass is 79.9. The third kappa shape index (κ3) is 2.07. The Hall–Kier alpha value is -0.990. The smallest absolute Gasteiger partial charge is 0.0640 e. The second-order valence-electron chi connectivity index (χ2n) is 4.23. The van der Waals surface area contributed by atoms with Gasteiger partial charge in [0.25, 0.3) is 0 Å². The minimum Gasteiger partial charge on any atom is -0.376 e. The molecular formula is C14H11BrClN. The molecule has 2 aromatic rings. The highest BCUT2D eigenvalue weighted by Crippen LogP contribution is 2.38. The lowest BCUT2D eigenvalue weighted by Gasteiger charge is -2.12. The average molecular weight is 309 g/mol. The van der Waals surface area contributed by atoms with Crippen LogP contribution in [0.4, 0.5) is 5.69 Å². The Bertz CT molecular complexity index is 568. The molecular weight excluding hydrogens is 298 g/mol. The topological polar surface area (TPSA) is 12.0 Å². The van der Waals surface area contributed by atoms with Crippen molar-refractivity contribution in [1.29, 1.82) is 0 Å². The number of anilines is 1. The third-order valence-corrected chi connectivity index (χ3v) is 3.90. The van der Waals surface area contributed by atoms with Gasteiger partial charge < -0.3 is 5.32 Å². The van der Waals surface area contributed by atoms with Gasteiger partial charge in [-0.2, -0.15) is 0 Å². The number of nitrogens with one attached hydrogen (secondary N) is 1. The summed E-state index contributed by atoms with van der Waals surface area (Å²) >= 11 is 9.69. The van der Waals surface area contributed by atoms with Gasteiger partial charge >= 0.3 is 0 Å². The fourth-order valence-corrected chi connectivity index (χ4v) is 2.94. The zero-order chi connectivity index (χ0) is 11.8. The monoisotopic (exact) mass is 307 g/mol. The van der Waals surface area contributed by atoms with Gasteiger partial charge in [0, 0.05) is 4.47 Å². The molecule has 0 bridgehead atoms. The lowest BCUT2D eigenvalue weighted by molar-refractivity contribution is 0.823. The Balaban J connectivity index is 1.94. The molecule has 0 radical (unpaired) electrons. The zero-order valence-corrected chi connectivity index (χ0v) is 11.4. The van der Waals surface area contributed by atoms with E-state index in [4.69, 9.17) is 11.6 Å². The molecule has 0 saturated carbocycles. The van der Waals surface area contributed by atoms with Crippen molar-refractivity contribution in [3.05, 3.63) is 63.1 Å². The predicted molar refractivity (Wildman–Crippen MR) is 75.7 cm³/mol. The summed E-state index contributed by atoms with van der Waals surface area (Å²) < 4.78 is 1.11. The van der Waals surface area contributed by atoms with Crippen molar-refractivity contribution in [1.82, 2.24) is 0 Å². The molecule has 1 nitrogen and oxygen atoms in total. The quantitative estimate of drug-likeness (QED) is 0.797. The highest BCUT2D eigenvalue weighted by molar-refractivity contribution is 9.10. The van der Waals surface area contributed by atoms with Crippen molar-refractivity contribution in [2.75, 3.05) is 5.32 Å². The Kier molecular flexibility index (Phi) is 2.85. The van der Waals surface area contributed by atoms with Crippen molar-refractivity contribution in [3.63, 3.8) is 0 Å². The Labute approximate surface area is 114 Å². The van der Waals surface area contributed by atoms with Crippen LogP contribution >= 0.6 is 27.5 Å². The van der Waals surface area contributed by atoms with Crippen molar-refractivity contribution in [2.45, 2.75) is 12.5 Å². The van der Waals surface area contributed by atoms with Crippen LogP contribution in [0.15, 0.2) is 46.9 Å². The van der Waals surface area contributed by atoms with Crippen LogP contribution in [0.5, 0.6) is 0 Å². The van der Waals surface area contributed by atoms with Crippen molar-refractivity contribution in [3.8, 4) is 0 Å². The fraction of sp³-hybridized carbons (Fsp3) is 0.143. The summed E-state index contributed by atoms with van der Waals surface area (Å²) in [6.07, 6.45) is 0.992. The lowest BCUT2D eigenvalue weighted by Crippen LogP contribution is -2.05. The normalized spacial score (nSPS) is 17.6. The molecule has 0 saturated heterocycles. The van der Waals surface area contributed by atoms with E-state index in [-0.39, 0.29) is 0 Å². The molecule has 3 heteroatoms. The number of halogens is 2. The maximum Gasteiger partial charge on any atom is 0.0640 e. The SMILES string of the molecule is Clc1cccc2c1NC(c1cccc(Br)c1)C2. The minimum absolute atomic E-state index is 0.322. The van der Waals surface area contributed by atoms with E-state index in [1.54, 1.807) is 0 Å². The first kappa shape index (κ1) is 11.1. The standard InChI is InChI=1S/C14H11BrClN/c15-11-5-1-3-9(7-11)13-8-10-4-2-6-12(16)14(10)17-13/h1-7,13,17H,8H2. The first-order valence-corrected chi connectivity index (χ1v) is 6.70. The molecule has 0 fully saturated rings. The zero-order valence-electron chi connectivity index (χ0n) is 9.08. The Morgan fingerprint density at radius 2 is 2.00 bits per heavy atom. The summed E-state index contributed by atoms with van der Waals surface area (Å²) in [5, 5.41) is 4.30. The van der Waals surface area contributed by atoms with Gasteiger partial charge in [-0.1, -0.05) is 51.8 Å². The van der Waals surface area contributed by atoms with Gasteiger partial charge in [0.05, 0.1) is 16.8 Å². The van der Waals surface area contributed by atoms with E-state index < -0.39 is 0 Å². The molecule has 0 aliphatic carbocycles. The van der Waals surface area contributed by atoms with Crippen LogP contribution in [-0.4, -0.2) is 0 Å². The number of para-hydroxylation sites is 1. The number of rotatable bonds is 1. The van der Waals surface area contributed by atoms with Gasteiger partial charge in [-0.25, -0.2) is 0 Å². The summed E-state index contributed by atoms with van der Waals surface area (Å²) in [5.74, 6) is 0. The molecule has 2 aromatic carbocycles. The summed E-state index contributed by atoms with van der Waals surface area (Å²) in [4.78, 5) is 0. The molecule has 0 amide bonds.